The van der Waals surface area contributed by atoms with E-state index in [2.05, 4.69) is 177 Å². The zero-order valence-electron chi connectivity index (χ0n) is 28.1. The van der Waals surface area contributed by atoms with Crippen molar-refractivity contribution >= 4 is 35.7 Å². The van der Waals surface area contributed by atoms with Gasteiger partial charge >= 0.3 is 188 Å². The SMILES string of the molecule is CCN(C[N+](C)(C)C)c1ccc(/C=C/c2ccc(/C=C/c3ccc(N(C[I-][N+](C)(C)C)C[I-][N+](C)(C)C)cc3)cc2)cc1. The first-order chi connectivity index (χ1) is 20.1. The number of nitrogens with zero attached hydrogens (tertiary/aromatic N) is 5. The Bertz CT molecular complexity index is 1290. The quantitative estimate of drug-likeness (QED) is 0.0424. The Morgan fingerprint density at radius 3 is 1.07 bits per heavy atom. The smallest absolute Gasteiger partial charge is 0.0380 e. The van der Waals surface area contributed by atoms with Crippen molar-refractivity contribution < 1.29 is 52.8 Å². The predicted molar refractivity (Wildman–Crippen MR) is 181 cm³/mol. The summed E-state index contributed by atoms with van der Waals surface area (Å²) in [5, 5.41) is 0. The molecule has 3 rings (SSSR count). The molecule has 0 amide bonds. The van der Waals surface area contributed by atoms with Crippen molar-refractivity contribution in [1.82, 2.24) is 0 Å². The van der Waals surface area contributed by atoms with E-state index < -0.39 is 0 Å². The predicted octanol–water partition coefficient (Wildman–Crippen LogP) is 0.659. The third-order valence-electron chi connectivity index (χ3n) is 6.48. The molecule has 0 bridgehead atoms. The normalized spacial score (nSPS) is 13.0. The fourth-order valence-electron chi connectivity index (χ4n) is 4.19. The van der Waals surface area contributed by atoms with Crippen molar-refractivity contribution in [2.75, 3.05) is 95.5 Å². The Labute approximate surface area is 284 Å². The van der Waals surface area contributed by atoms with Crippen LogP contribution in [0, 0.1) is 0 Å². The summed E-state index contributed by atoms with van der Waals surface area (Å²) >= 11 is 0.0897. The Hall–Kier alpha value is -1.92. The van der Waals surface area contributed by atoms with Crippen LogP contribution in [0.4, 0.5) is 11.4 Å². The number of alkyl halides is 2. The molecular weight excluding hydrogens is 756 g/mol. The van der Waals surface area contributed by atoms with Gasteiger partial charge in [0.2, 0.25) is 0 Å². The Balaban J connectivity index is 1.60. The van der Waals surface area contributed by atoms with Crippen LogP contribution in [0.25, 0.3) is 24.3 Å². The molecule has 0 aromatic heterocycles. The summed E-state index contributed by atoms with van der Waals surface area (Å²) in [6.45, 7) is 4.22. The van der Waals surface area contributed by atoms with E-state index in [0.29, 0.717) is 0 Å². The average molecular weight is 811 g/mol. The van der Waals surface area contributed by atoms with E-state index >= 15 is 0 Å². The molecule has 7 heteroatoms. The monoisotopic (exact) mass is 810 g/mol. The molecule has 0 atom stereocenters. The number of benzene rings is 3. The summed E-state index contributed by atoms with van der Waals surface area (Å²) in [5.74, 6) is 0. The molecule has 0 aliphatic heterocycles. The molecule has 43 heavy (non-hydrogen) atoms. The molecular formula is C36H54I2N5+. The van der Waals surface area contributed by atoms with Crippen LogP contribution in [0.2, 0.25) is 0 Å². The van der Waals surface area contributed by atoms with Crippen molar-refractivity contribution in [2.24, 2.45) is 0 Å². The average Bonchev–Trinajstić information content (AvgIpc) is 2.93. The van der Waals surface area contributed by atoms with Crippen LogP contribution >= 0.6 is 0 Å². The van der Waals surface area contributed by atoms with Gasteiger partial charge in [-0.1, -0.05) is 24.3 Å². The number of quaternary nitrogens is 3. The zero-order valence-corrected chi connectivity index (χ0v) is 32.4. The Morgan fingerprint density at radius 2 is 0.791 bits per heavy atom. The van der Waals surface area contributed by atoms with Gasteiger partial charge in [0.25, 0.3) is 0 Å². The first-order valence-electron chi connectivity index (χ1n) is 14.9. The van der Waals surface area contributed by atoms with E-state index in [-0.39, 0.29) is 43.0 Å². The number of anilines is 2. The fraction of sp³-hybridized carbons (Fsp3) is 0.389. The van der Waals surface area contributed by atoms with Gasteiger partial charge in [0, 0.05) is 12.2 Å². The van der Waals surface area contributed by atoms with E-state index in [9.17, 15) is 0 Å². The van der Waals surface area contributed by atoms with Crippen molar-refractivity contribution in [3.8, 4) is 0 Å². The van der Waals surface area contributed by atoms with Gasteiger partial charge in [-0.3, -0.25) is 0 Å². The zero-order chi connectivity index (χ0) is 31.7. The Kier molecular flexibility index (Phi) is 13.1. The minimum Gasteiger partial charge on any atom is -0.0529 e. The molecule has 5 nitrogen and oxygen atoms in total. The van der Waals surface area contributed by atoms with Crippen LogP contribution in [0.3, 0.4) is 0 Å². The summed E-state index contributed by atoms with van der Waals surface area (Å²) in [6, 6.07) is 26.8. The summed E-state index contributed by atoms with van der Waals surface area (Å²) < 4.78 is 5.49. The number of hydrogen-bond acceptors (Lipinski definition) is 2. The molecule has 0 spiro atoms. The van der Waals surface area contributed by atoms with Crippen LogP contribution < -0.4 is 52.8 Å². The Morgan fingerprint density at radius 1 is 0.488 bits per heavy atom. The maximum atomic E-state index is 2.63. The first-order valence-corrected chi connectivity index (χ1v) is 19.9. The second-order valence-corrected chi connectivity index (χ2v) is 22.0. The molecule has 3 aromatic carbocycles. The van der Waals surface area contributed by atoms with E-state index in [1.807, 2.05) is 0 Å². The molecule has 0 aliphatic carbocycles. The second kappa shape index (κ2) is 15.9. The van der Waals surface area contributed by atoms with Gasteiger partial charge in [0.05, 0.1) is 21.1 Å². The van der Waals surface area contributed by atoms with Crippen LogP contribution in [0.15, 0.2) is 72.8 Å². The molecule has 0 aliphatic rings. The number of hydrogen-bond donors (Lipinski definition) is 0. The van der Waals surface area contributed by atoms with Gasteiger partial charge in [-0.2, -0.15) is 0 Å². The largest absolute Gasteiger partial charge is 0.0529 e. The maximum Gasteiger partial charge on any atom is -0.0380 e. The topological polar surface area (TPSA) is 6.48 Å². The van der Waals surface area contributed by atoms with Gasteiger partial charge in [-0.05, 0) is 24.6 Å². The van der Waals surface area contributed by atoms with Crippen LogP contribution in [-0.2, 0) is 0 Å². The molecule has 0 N–H and O–H groups in total. The third kappa shape index (κ3) is 13.7. The molecule has 0 unspecified atom stereocenters. The van der Waals surface area contributed by atoms with Crippen molar-refractivity contribution in [3.05, 3.63) is 95.1 Å². The number of rotatable bonds is 15. The molecule has 0 fully saturated rings. The molecule has 0 saturated heterocycles. The van der Waals surface area contributed by atoms with Gasteiger partial charge in [0.1, 0.15) is 0 Å². The van der Waals surface area contributed by atoms with Crippen LogP contribution in [-0.4, -0.2) is 95.6 Å². The van der Waals surface area contributed by atoms with Gasteiger partial charge in [-0.15, -0.1) is 0 Å². The molecule has 236 valence electrons. The van der Waals surface area contributed by atoms with E-state index in [1.165, 1.54) is 42.7 Å². The molecule has 3 aromatic rings. The summed E-state index contributed by atoms with van der Waals surface area (Å²) in [6.07, 6.45) is 8.81. The van der Waals surface area contributed by atoms with E-state index in [1.54, 1.807) is 0 Å². The standard InChI is InChI=1S/C36H54I2N5/c1-11-39(30-41(2,3)4)35-24-20-33(21-25-35)18-16-31-12-14-32(15-13-31)17-19-34-22-26-36(27-23-34)40(28-37-42(5,6)7)29-38-43(8,9)10/h12-27H,11,28-30H2,1-10H3/q+1/b18-16+,19-17+. The molecule has 0 saturated carbocycles. The number of halogens is 2. The van der Waals surface area contributed by atoms with Crippen molar-refractivity contribution in [2.45, 2.75) is 6.92 Å². The van der Waals surface area contributed by atoms with Crippen LogP contribution in [0.1, 0.15) is 29.2 Å². The maximum absolute atomic E-state index is 2.63. The summed E-state index contributed by atoms with van der Waals surface area (Å²) in [5.41, 5.74) is 7.51. The van der Waals surface area contributed by atoms with Gasteiger partial charge in [-0.25, -0.2) is 0 Å². The minimum absolute atomic E-state index is 0.0448. The van der Waals surface area contributed by atoms with E-state index in [0.717, 1.165) is 23.1 Å². The minimum atomic E-state index is 0.0448. The van der Waals surface area contributed by atoms with Crippen molar-refractivity contribution in [1.29, 1.82) is 0 Å². The van der Waals surface area contributed by atoms with Crippen molar-refractivity contribution in [3.63, 3.8) is 0 Å². The van der Waals surface area contributed by atoms with Gasteiger partial charge in [0.15, 0.2) is 6.67 Å². The van der Waals surface area contributed by atoms with Gasteiger partial charge < -0.3 is 9.38 Å². The fourth-order valence-corrected chi connectivity index (χ4v) is 8.95. The third-order valence-corrected chi connectivity index (χ3v) is 12.8. The summed E-state index contributed by atoms with van der Waals surface area (Å²) in [7, 11) is 20.6. The molecule has 0 heterocycles. The summed E-state index contributed by atoms with van der Waals surface area (Å²) in [4.78, 5) is 5.06. The first kappa shape index (κ1) is 35.6. The van der Waals surface area contributed by atoms with E-state index in [4.69, 9.17) is 0 Å². The molecule has 0 radical (unpaired) electrons. The van der Waals surface area contributed by atoms with Crippen LogP contribution in [0.5, 0.6) is 0 Å². The second-order valence-electron chi connectivity index (χ2n) is 13.5.